The van der Waals surface area contributed by atoms with Gasteiger partial charge in [-0.2, -0.15) is 0 Å². The fourth-order valence-corrected chi connectivity index (χ4v) is 2.85. The normalized spacial score (nSPS) is 19.7. The molecule has 1 saturated heterocycles. The molecule has 21 heavy (non-hydrogen) atoms. The van der Waals surface area contributed by atoms with Gasteiger partial charge in [0.15, 0.2) is 0 Å². The van der Waals surface area contributed by atoms with Crippen molar-refractivity contribution < 1.29 is 14.3 Å². The summed E-state index contributed by atoms with van der Waals surface area (Å²) in [4.78, 5) is 12.2. The number of nitrogens with two attached hydrogens (primary N) is 1. The zero-order valence-electron chi connectivity index (χ0n) is 12.2. The Labute approximate surface area is 124 Å². The number of ether oxygens (including phenoxy) is 2. The number of fused-ring (bicyclic) bond motifs is 1. The maximum atomic E-state index is 12.2. The number of rotatable bonds is 4. The number of hydrogen-bond donors (Lipinski definition) is 2. The van der Waals surface area contributed by atoms with Gasteiger partial charge in [0.1, 0.15) is 5.75 Å². The third-order valence-corrected chi connectivity index (χ3v) is 4.29. The molecule has 0 aromatic heterocycles. The van der Waals surface area contributed by atoms with Gasteiger partial charge in [0.05, 0.1) is 12.1 Å². The standard InChI is InChI=1S/C16H22N2O3/c17-16(5-9-20-10-6-16)15(19)18-7-3-12-1-2-14-13(11-12)4-8-21-14/h1-2,11H,3-10,17H2,(H,18,19). The minimum Gasteiger partial charge on any atom is -0.493 e. The highest BCUT2D eigenvalue weighted by molar-refractivity contribution is 5.86. The molecule has 5 heteroatoms. The van der Waals surface area contributed by atoms with E-state index < -0.39 is 5.54 Å². The summed E-state index contributed by atoms with van der Waals surface area (Å²) in [6.07, 6.45) is 2.97. The smallest absolute Gasteiger partial charge is 0.240 e. The Morgan fingerprint density at radius 3 is 2.90 bits per heavy atom. The summed E-state index contributed by atoms with van der Waals surface area (Å²) in [7, 11) is 0. The second-order valence-corrected chi connectivity index (χ2v) is 5.81. The molecule has 2 heterocycles. The SMILES string of the molecule is NC1(C(=O)NCCc2ccc3c(c2)CCO3)CCOCC1. The molecular formula is C16H22N2O3. The van der Waals surface area contributed by atoms with Crippen LogP contribution in [0, 0.1) is 0 Å². The molecule has 0 spiro atoms. The van der Waals surface area contributed by atoms with Gasteiger partial charge in [0.2, 0.25) is 5.91 Å². The monoisotopic (exact) mass is 290 g/mol. The van der Waals surface area contributed by atoms with Crippen molar-refractivity contribution in [2.45, 2.75) is 31.2 Å². The largest absolute Gasteiger partial charge is 0.493 e. The molecule has 3 rings (SSSR count). The van der Waals surface area contributed by atoms with E-state index in [1.807, 2.05) is 6.07 Å². The van der Waals surface area contributed by atoms with Gasteiger partial charge in [-0.3, -0.25) is 4.79 Å². The second-order valence-electron chi connectivity index (χ2n) is 5.81. The van der Waals surface area contributed by atoms with Crippen LogP contribution in [0.25, 0.3) is 0 Å². The predicted octanol–water partition coefficient (Wildman–Crippen LogP) is 0.788. The zero-order valence-corrected chi connectivity index (χ0v) is 12.2. The summed E-state index contributed by atoms with van der Waals surface area (Å²) in [6.45, 7) is 2.51. The van der Waals surface area contributed by atoms with E-state index in [1.54, 1.807) is 0 Å². The maximum absolute atomic E-state index is 12.2. The highest BCUT2D eigenvalue weighted by Gasteiger charge is 2.35. The van der Waals surface area contributed by atoms with Crippen LogP contribution in [-0.2, 0) is 22.4 Å². The predicted molar refractivity (Wildman–Crippen MR) is 79.3 cm³/mol. The van der Waals surface area contributed by atoms with E-state index in [-0.39, 0.29) is 5.91 Å². The van der Waals surface area contributed by atoms with Gasteiger partial charge in [0.25, 0.3) is 0 Å². The van der Waals surface area contributed by atoms with Crippen molar-refractivity contribution in [2.24, 2.45) is 5.73 Å². The van der Waals surface area contributed by atoms with Crippen LogP contribution < -0.4 is 15.8 Å². The third kappa shape index (κ3) is 3.19. The molecule has 1 aromatic rings. The van der Waals surface area contributed by atoms with Crippen molar-refractivity contribution >= 4 is 5.91 Å². The molecule has 3 N–H and O–H groups in total. The van der Waals surface area contributed by atoms with Gasteiger partial charge >= 0.3 is 0 Å². The lowest BCUT2D eigenvalue weighted by Gasteiger charge is -2.31. The molecule has 2 aliphatic heterocycles. The van der Waals surface area contributed by atoms with Crippen LogP contribution >= 0.6 is 0 Å². The maximum Gasteiger partial charge on any atom is 0.240 e. The summed E-state index contributed by atoms with van der Waals surface area (Å²) < 4.78 is 10.8. The van der Waals surface area contributed by atoms with Crippen molar-refractivity contribution in [2.75, 3.05) is 26.4 Å². The average molecular weight is 290 g/mol. The highest BCUT2D eigenvalue weighted by Crippen LogP contribution is 2.26. The number of carbonyl (C=O) groups excluding carboxylic acids is 1. The lowest BCUT2D eigenvalue weighted by molar-refractivity contribution is -0.129. The number of nitrogens with one attached hydrogen (secondary N) is 1. The molecule has 1 aromatic carbocycles. The minimum absolute atomic E-state index is 0.0599. The molecule has 1 amide bonds. The van der Waals surface area contributed by atoms with E-state index in [4.69, 9.17) is 15.2 Å². The lowest BCUT2D eigenvalue weighted by atomic mass is 9.90. The van der Waals surface area contributed by atoms with Crippen LogP contribution in [0.4, 0.5) is 0 Å². The van der Waals surface area contributed by atoms with Gasteiger partial charge in [-0.05, 0) is 36.5 Å². The first-order chi connectivity index (χ1) is 10.2. The Kier molecular flexibility index (Phi) is 4.12. The fraction of sp³-hybridized carbons (Fsp3) is 0.562. The Bertz CT molecular complexity index is 524. The first-order valence-corrected chi connectivity index (χ1v) is 7.57. The molecule has 0 radical (unpaired) electrons. The molecule has 114 valence electrons. The summed E-state index contributed by atoms with van der Waals surface area (Å²) in [5.41, 5.74) is 7.87. The van der Waals surface area contributed by atoms with Crippen molar-refractivity contribution in [3.63, 3.8) is 0 Å². The second kappa shape index (κ2) is 6.03. The van der Waals surface area contributed by atoms with Gasteiger partial charge in [-0.25, -0.2) is 0 Å². The molecule has 2 aliphatic rings. The first kappa shape index (κ1) is 14.4. The number of amides is 1. The molecule has 5 nitrogen and oxygen atoms in total. The number of benzene rings is 1. The zero-order chi connectivity index (χ0) is 14.7. The number of carbonyl (C=O) groups is 1. The van der Waals surface area contributed by atoms with Crippen LogP contribution in [-0.4, -0.2) is 37.8 Å². The van der Waals surface area contributed by atoms with Gasteiger partial charge in [-0.15, -0.1) is 0 Å². The van der Waals surface area contributed by atoms with Gasteiger partial charge in [-0.1, -0.05) is 12.1 Å². The average Bonchev–Trinajstić information content (AvgIpc) is 2.95. The van der Waals surface area contributed by atoms with Crippen LogP contribution in [0.2, 0.25) is 0 Å². The summed E-state index contributed by atoms with van der Waals surface area (Å²) in [6, 6.07) is 6.24. The molecule has 0 atom stereocenters. The highest BCUT2D eigenvalue weighted by atomic mass is 16.5. The van der Waals surface area contributed by atoms with Crippen molar-refractivity contribution in [3.8, 4) is 5.75 Å². The molecular weight excluding hydrogens is 268 g/mol. The molecule has 0 bridgehead atoms. The van der Waals surface area contributed by atoms with E-state index in [0.29, 0.717) is 32.6 Å². The Morgan fingerprint density at radius 2 is 2.10 bits per heavy atom. The van der Waals surface area contributed by atoms with E-state index in [9.17, 15) is 4.79 Å². The summed E-state index contributed by atoms with van der Waals surface area (Å²) in [5.74, 6) is 0.932. The molecule has 0 aliphatic carbocycles. The fourth-order valence-electron chi connectivity index (χ4n) is 2.85. The van der Waals surface area contributed by atoms with Crippen LogP contribution in [0.1, 0.15) is 24.0 Å². The number of hydrogen-bond acceptors (Lipinski definition) is 4. The Morgan fingerprint density at radius 1 is 1.29 bits per heavy atom. The van der Waals surface area contributed by atoms with Gasteiger partial charge in [0, 0.05) is 26.2 Å². The van der Waals surface area contributed by atoms with Crippen LogP contribution in [0.5, 0.6) is 5.75 Å². The molecule has 0 unspecified atom stereocenters. The van der Waals surface area contributed by atoms with Crippen LogP contribution in [0.15, 0.2) is 18.2 Å². The van der Waals surface area contributed by atoms with Crippen molar-refractivity contribution in [1.29, 1.82) is 0 Å². The van der Waals surface area contributed by atoms with Gasteiger partial charge < -0.3 is 20.5 Å². The quantitative estimate of drug-likeness (QED) is 0.860. The van der Waals surface area contributed by atoms with Crippen molar-refractivity contribution in [1.82, 2.24) is 5.32 Å². The van der Waals surface area contributed by atoms with E-state index in [2.05, 4.69) is 17.4 Å². The minimum atomic E-state index is -0.760. The lowest BCUT2D eigenvalue weighted by Crippen LogP contribution is -2.57. The molecule has 0 saturated carbocycles. The van der Waals surface area contributed by atoms with Crippen LogP contribution in [0.3, 0.4) is 0 Å². The third-order valence-electron chi connectivity index (χ3n) is 4.29. The topological polar surface area (TPSA) is 73.6 Å². The summed E-state index contributed by atoms with van der Waals surface area (Å²) >= 11 is 0. The first-order valence-electron chi connectivity index (χ1n) is 7.57. The Balaban J connectivity index is 1.50. The Hall–Kier alpha value is -1.59. The van der Waals surface area contributed by atoms with E-state index in [0.717, 1.165) is 25.2 Å². The van der Waals surface area contributed by atoms with E-state index in [1.165, 1.54) is 11.1 Å². The summed E-state index contributed by atoms with van der Waals surface area (Å²) in [5, 5.41) is 2.96. The van der Waals surface area contributed by atoms with E-state index >= 15 is 0 Å². The molecule has 1 fully saturated rings. The van der Waals surface area contributed by atoms with Crippen molar-refractivity contribution in [3.05, 3.63) is 29.3 Å².